The van der Waals surface area contributed by atoms with Crippen LogP contribution in [0.25, 0.3) is 0 Å². The third-order valence-corrected chi connectivity index (χ3v) is 3.36. The maximum atomic E-state index is 13.3. The number of hydrogen-bond donors (Lipinski definition) is 2. The summed E-state index contributed by atoms with van der Waals surface area (Å²) in [6.07, 6.45) is 0. The molecule has 0 aliphatic heterocycles. The van der Waals surface area contributed by atoms with Gasteiger partial charge in [-0.1, -0.05) is 29.8 Å². The lowest BCUT2D eigenvalue weighted by Gasteiger charge is -2.15. The van der Waals surface area contributed by atoms with Crippen molar-refractivity contribution in [3.05, 3.63) is 64.4 Å². The van der Waals surface area contributed by atoms with E-state index in [9.17, 15) is 9.18 Å². The second kappa shape index (κ2) is 5.92. The molecule has 0 bridgehead atoms. The van der Waals surface area contributed by atoms with Crippen LogP contribution in [0.4, 0.5) is 10.1 Å². The van der Waals surface area contributed by atoms with Crippen molar-refractivity contribution in [3.8, 4) is 0 Å². The Kier molecular flexibility index (Phi) is 4.25. The molecule has 1 atom stereocenters. The summed E-state index contributed by atoms with van der Waals surface area (Å²) in [6, 6.07) is 11.1. The van der Waals surface area contributed by atoms with Crippen LogP contribution in [0.2, 0.25) is 5.02 Å². The minimum atomic E-state index is -0.612. The number of halogens is 2. The van der Waals surface area contributed by atoms with Gasteiger partial charge < -0.3 is 11.1 Å². The molecule has 0 aliphatic rings. The Morgan fingerprint density at radius 1 is 1.25 bits per heavy atom. The van der Waals surface area contributed by atoms with Gasteiger partial charge in [-0.25, -0.2) is 4.39 Å². The summed E-state index contributed by atoms with van der Waals surface area (Å²) in [7, 11) is 0. The van der Waals surface area contributed by atoms with E-state index >= 15 is 0 Å². The lowest BCUT2D eigenvalue weighted by molar-refractivity contribution is 0.0939. The number of nitrogens with two attached hydrogens (primary N) is 1. The Labute approximate surface area is 121 Å². The number of benzene rings is 2. The molecule has 5 heteroatoms. The number of nitrogen functional groups attached to an aromatic ring is 1. The number of carbonyl (C=O) groups excluding carboxylic acids is 1. The van der Waals surface area contributed by atoms with Crippen LogP contribution in [0.15, 0.2) is 42.5 Å². The zero-order valence-electron chi connectivity index (χ0n) is 10.9. The number of nitrogens with one attached hydrogen (secondary N) is 1. The van der Waals surface area contributed by atoms with Crippen LogP contribution in [-0.4, -0.2) is 5.91 Å². The van der Waals surface area contributed by atoms with Crippen molar-refractivity contribution in [2.24, 2.45) is 0 Å². The van der Waals surface area contributed by atoms with Gasteiger partial charge in [-0.2, -0.15) is 0 Å². The molecule has 3 N–H and O–H groups in total. The van der Waals surface area contributed by atoms with E-state index in [1.165, 1.54) is 18.2 Å². The summed E-state index contributed by atoms with van der Waals surface area (Å²) >= 11 is 5.79. The largest absolute Gasteiger partial charge is 0.399 e. The Bertz CT molecular complexity index is 628. The van der Waals surface area contributed by atoms with Crippen LogP contribution < -0.4 is 11.1 Å². The van der Waals surface area contributed by atoms with E-state index in [1.54, 1.807) is 12.1 Å². The zero-order valence-corrected chi connectivity index (χ0v) is 11.6. The predicted molar refractivity (Wildman–Crippen MR) is 78.1 cm³/mol. The predicted octanol–water partition coefficient (Wildman–Crippen LogP) is 3.55. The van der Waals surface area contributed by atoms with Crippen LogP contribution in [0.3, 0.4) is 0 Å². The first-order valence-corrected chi connectivity index (χ1v) is 6.47. The minimum absolute atomic E-state index is 0.119. The average Bonchev–Trinajstić information content (AvgIpc) is 2.42. The van der Waals surface area contributed by atoms with E-state index in [0.717, 1.165) is 5.56 Å². The summed E-state index contributed by atoms with van der Waals surface area (Å²) in [5.74, 6) is -1.03. The van der Waals surface area contributed by atoms with Crippen LogP contribution in [-0.2, 0) is 0 Å². The monoisotopic (exact) mass is 292 g/mol. The molecule has 20 heavy (non-hydrogen) atoms. The van der Waals surface area contributed by atoms with Crippen molar-refractivity contribution in [2.45, 2.75) is 13.0 Å². The zero-order chi connectivity index (χ0) is 14.7. The Morgan fingerprint density at radius 3 is 2.55 bits per heavy atom. The van der Waals surface area contributed by atoms with Gasteiger partial charge in [-0.3, -0.25) is 4.79 Å². The fourth-order valence-electron chi connectivity index (χ4n) is 1.82. The van der Waals surface area contributed by atoms with Gasteiger partial charge in [0.05, 0.1) is 16.6 Å². The molecule has 3 nitrogen and oxygen atoms in total. The Hall–Kier alpha value is -2.07. The summed E-state index contributed by atoms with van der Waals surface area (Å²) < 4.78 is 13.3. The Morgan fingerprint density at radius 2 is 1.90 bits per heavy atom. The van der Waals surface area contributed by atoms with Crippen LogP contribution in [0, 0.1) is 5.82 Å². The van der Waals surface area contributed by atoms with E-state index < -0.39 is 11.7 Å². The molecule has 0 fully saturated rings. The van der Waals surface area contributed by atoms with Gasteiger partial charge >= 0.3 is 0 Å². The summed E-state index contributed by atoms with van der Waals surface area (Å²) in [5, 5.41) is 2.60. The number of rotatable bonds is 3. The van der Waals surface area contributed by atoms with Gasteiger partial charge in [-0.05, 0) is 36.8 Å². The highest BCUT2D eigenvalue weighted by Gasteiger charge is 2.16. The fraction of sp³-hybridized carbons (Fsp3) is 0.133. The van der Waals surface area contributed by atoms with E-state index in [-0.39, 0.29) is 16.6 Å². The van der Waals surface area contributed by atoms with Crippen molar-refractivity contribution in [1.82, 2.24) is 5.32 Å². The molecule has 104 valence electrons. The molecule has 1 unspecified atom stereocenters. The van der Waals surface area contributed by atoms with Gasteiger partial charge in [0.2, 0.25) is 0 Å². The van der Waals surface area contributed by atoms with Gasteiger partial charge in [-0.15, -0.1) is 0 Å². The van der Waals surface area contributed by atoms with Gasteiger partial charge in [0.25, 0.3) is 5.91 Å². The second-order valence-corrected chi connectivity index (χ2v) is 4.84. The Balaban J connectivity index is 2.15. The second-order valence-electron chi connectivity index (χ2n) is 4.46. The van der Waals surface area contributed by atoms with E-state index in [0.29, 0.717) is 5.69 Å². The minimum Gasteiger partial charge on any atom is -0.399 e. The van der Waals surface area contributed by atoms with E-state index in [2.05, 4.69) is 5.32 Å². The fourth-order valence-corrected chi connectivity index (χ4v) is 2.03. The highest BCUT2D eigenvalue weighted by molar-refractivity contribution is 6.34. The molecule has 2 rings (SSSR count). The standard InChI is InChI=1S/C15H14ClFN2O/c1-9(10-5-7-11(18)8-6-10)19-15(20)12-3-2-4-13(17)14(12)16/h2-9H,18H2,1H3,(H,19,20). The normalized spacial score (nSPS) is 11.9. The molecule has 2 aromatic rings. The molecule has 0 saturated heterocycles. The summed E-state index contributed by atoms with van der Waals surface area (Å²) in [6.45, 7) is 1.83. The molecule has 0 radical (unpaired) electrons. The van der Waals surface area contributed by atoms with Crippen molar-refractivity contribution in [1.29, 1.82) is 0 Å². The highest BCUT2D eigenvalue weighted by Crippen LogP contribution is 2.21. The molecule has 0 heterocycles. The first-order chi connectivity index (χ1) is 9.49. The quantitative estimate of drug-likeness (QED) is 0.850. The smallest absolute Gasteiger partial charge is 0.253 e. The first kappa shape index (κ1) is 14.3. The van der Waals surface area contributed by atoms with E-state index in [4.69, 9.17) is 17.3 Å². The van der Waals surface area contributed by atoms with Crippen LogP contribution in [0.1, 0.15) is 28.9 Å². The number of anilines is 1. The maximum Gasteiger partial charge on any atom is 0.253 e. The van der Waals surface area contributed by atoms with Crippen molar-refractivity contribution >= 4 is 23.2 Å². The van der Waals surface area contributed by atoms with Crippen LogP contribution >= 0.6 is 11.6 Å². The number of hydrogen-bond acceptors (Lipinski definition) is 2. The van der Waals surface area contributed by atoms with Crippen LogP contribution in [0.5, 0.6) is 0 Å². The van der Waals surface area contributed by atoms with Crippen molar-refractivity contribution in [3.63, 3.8) is 0 Å². The third kappa shape index (κ3) is 3.08. The highest BCUT2D eigenvalue weighted by atomic mass is 35.5. The van der Waals surface area contributed by atoms with Gasteiger partial charge in [0.1, 0.15) is 5.82 Å². The molecular formula is C15H14ClFN2O. The SMILES string of the molecule is CC(NC(=O)c1cccc(F)c1Cl)c1ccc(N)cc1. The van der Waals surface area contributed by atoms with Gasteiger partial charge in [0.15, 0.2) is 0 Å². The average molecular weight is 293 g/mol. The maximum absolute atomic E-state index is 13.3. The molecule has 1 amide bonds. The molecule has 0 aliphatic carbocycles. The summed E-state index contributed by atoms with van der Waals surface area (Å²) in [5.41, 5.74) is 7.28. The molecule has 0 aromatic heterocycles. The summed E-state index contributed by atoms with van der Waals surface area (Å²) in [4.78, 5) is 12.1. The first-order valence-electron chi connectivity index (χ1n) is 6.09. The number of amides is 1. The van der Waals surface area contributed by atoms with E-state index in [1.807, 2.05) is 19.1 Å². The number of carbonyl (C=O) groups is 1. The van der Waals surface area contributed by atoms with Crippen molar-refractivity contribution < 1.29 is 9.18 Å². The molecule has 0 saturated carbocycles. The molecular weight excluding hydrogens is 279 g/mol. The molecule has 0 spiro atoms. The lowest BCUT2D eigenvalue weighted by Crippen LogP contribution is -2.27. The van der Waals surface area contributed by atoms with Gasteiger partial charge in [0, 0.05) is 5.69 Å². The molecule has 2 aromatic carbocycles. The third-order valence-electron chi connectivity index (χ3n) is 2.98. The topological polar surface area (TPSA) is 55.1 Å². The van der Waals surface area contributed by atoms with Crippen molar-refractivity contribution in [2.75, 3.05) is 5.73 Å². The lowest BCUT2D eigenvalue weighted by atomic mass is 10.1.